The van der Waals surface area contributed by atoms with Crippen LogP contribution in [0.5, 0.6) is 0 Å². The van der Waals surface area contributed by atoms with Crippen LogP contribution in [0.4, 0.5) is 0 Å². The molecule has 3 saturated heterocycles. The molecule has 3 fully saturated rings. The summed E-state index contributed by atoms with van der Waals surface area (Å²) < 4.78 is 2.92. The Morgan fingerprint density at radius 3 is 2.49 bits per heavy atom. The summed E-state index contributed by atoms with van der Waals surface area (Å²) in [5.74, 6) is 0.206. The zero-order valence-electron chi connectivity index (χ0n) is 23.7. The maximum absolute atomic E-state index is 13.2. The number of piperidine rings is 2. The van der Waals surface area contributed by atoms with Crippen LogP contribution < -0.4 is 5.32 Å². The monoisotopic (exact) mass is 601 g/mol. The number of carbonyl (C=O) groups is 3. The molecular weight excluding hydrogens is 558 g/mol. The van der Waals surface area contributed by atoms with Gasteiger partial charge in [0.05, 0.1) is 13.0 Å². The maximum Gasteiger partial charge on any atom is 0.227 e. The molecule has 0 radical (unpaired) electrons. The molecule has 0 saturated carbocycles. The molecule has 214 valence electrons. The van der Waals surface area contributed by atoms with Crippen LogP contribution in [0.1, 0.15) is 38.2 Å². The van der Waals surface area contributed by atoms with Crippen molar-refractivity contribution in [1.82, 2.24) is 24.6 Å². The maximum atomic E-state index is 13.2. The number of benzene rings is 1. The lowest BCUT2D eigenvalue weighted by molar-refractivity contribution is -0.135. The number of rotatable bonds is 6. The van der Waals surface area contributed by atoms with Crippen LogP contribution in [0, 0.1) is 5.41 Å². The first kappa shape index (κ1) is 31.0. The molecule has 1 atom stereocenters. The fraction of sp³-hybridized carbons (Fsp3) is 0.567. The molecule has 2 amide bonds. The molecule has 2 aromatic rings. The topological polar surface area (TPSA) is 77.9 Å². The average Bonchev–Trinajstić information content (AvgIpc) is 3.20. The number of hydrogen-bond donors (Lipinski definition) is 1. The van der Waals surface area contributed by atoms with Crippen LogP contribution >= 0.6 is 15.9 Å². The van der Waals surface area contributed by atoms with Crippen LogP contribution in [-0.4, -0.2) is 97.3 Å². The minimum atomic E-state index is 0.206. The lowest BCUT2D eigenvalue weighted by Gasteiger charge is -2.47. The van der Waals surface area contributed by atoms with Gasteiger partial charge in [-0.2, -0.15) is 0 Å². The van der Waals surface area contributed by atoms with E-state index in [9.17, 15) is 14.4 Å². The average molecular weight is 603 g/mol. The van der Waals surface area contributed by atoms with E-state index in [1.165, 1.54) is 25.8 Å². The summed E-state index contributed by atoms with van der Waals surface area (Å²) in [6, 6.07) is 6.57. The van der Waals surface area contributed by atoms with Crippen molar-refractivity contribution in [2.24, 2.45) is 5.41 Å². The van der Waals surface area contributed by atoms with Crippen molar-refractivity contribution in [2.75, 3.05) is 53.4 Å². The lowest BCUT2D eigenvalue weighted by atomic mass is 9.74. The van der Waals surface area contributed by atoms with Crippen molar-refractivity contribution in [3.8, 4) is 0 Å². The van der Waals surface area contributed by atoms with Crippen LogP contribution in [0.2, 0.25) is 0 Å². The Bertz CT molecular complexity index is 1130. The van der Waals surface area contributed by atoms with E-state index in [1.807, 2.05) is 42.9 Å². The number of fused-ring (bicyclic) bond motifs is 1. The van der Waals surface area contributed by atoms with Gasteiger partial charge in [-0.05, 0) is 77.0 Å². The summed E-state index contributed by atoms with van der Waals surface area (Å²) >= 11 is 3.53. The third kappa shape index (κ3) is 8.25. The zero-order valence-corrected chi connectivity index (χ0v) is 25.3. The van der Waals surface area contributed by atoms with Crippen molar-refractivity contribution in [1.29, 1.82) is 0 Å². The van der Waals surface area contributed by atoms with Gasteiger partial charge >= 0.3 is 0 Å². The second-order valence-corrected chi connectivity index (χ2v) is 11.9. The number of allylic oxidation sites excluding steroid dienone is 1. The van der Waals surface area contributed by atoms with E-state index < -0.39 is 0 Å². The Kier molecular flexibility index (Phi) is 11.8. The predicted molar refractivity (Wildman–Crippen MR) is 161 cm³/mol. The van der Waals surface area contributed by atoms with Crippen LogP contribution in [0.3, 0.4) is 0 Å². The van der Waals surface area contributed by atoms with E-state index >= 15 is 0 Å². The summed E-state index contributed by atoms with van der Waals surface area (Å²) in [4.78, 5) is 40.4. The van der Waals surface area contributed by atoms with E-state index in [0.29, 0.717) is 19.0 Å². The molecular formula is C30H44BrN5O3. The number of carbonyl (C=O) groups excluding carboxylic acids is 3. The number of nitrogens with one attached hydrogen (secondary N) is 1. The van der Waals surface area contributed by atoms with Gasteiger partial charge in [-0.3, -0.25) is 9.59 Å². The normalized spacial score (nSPS) is 21.3. The highest BCUT2D eigenvalue weighted by molar-refractivity contribution is 9.10. The fourth-order valence-electron chi connectivity index (χ4n) is 5.98. The number of hydrogen-bond acceptors (Lipinski definition) is 5. The predicted octanol–water partition coefficient (Wildman–Crippen LogP) is 3.72. The lowest BCUT2D eigenvalue weighted by Crippen LogP contribution is -2.56. The summed E-state index contributed by atoms with van der Waals surface area (Å²) in [6.45, 7) is 11.3. The van der Waals surface area contributed by atoms with Gasteiger partial charge in [0.2, 0.25) is 12.3 Å². The number of amides is 2. The highest BCUT2D eigenvalue weighted by Crippen LogP contribution is 2.38. The Balaban J connectivity index is 0.000000321. The Labute approximate surface area is 241 Å². The Morgan fingerprint density at radius 1 is 1.18 bits per heavy atom. The van der Waals surface area contributed by atoms with Gasteiger partial charge in [0.25, 0.3) is 0 Å². The molecule has 9 heteroatoms. The van der Waals surface area contributed by atoms with Gasteiger partial charge in [-0.15, -0.1) is 6.58 Å². The molecule has 3 aliphatic heterocycles. The summed E-state index contributed by atoms with van der Waals surface area (Å²) in [7, 11) is 4.11. The number of likely N-dealkylation sites (tertiary alicyclic amines) is 3. The molecule has 1 spiro atoms. The van der Waals surface area contributed by atoms with Crippen LogP contribution in [0.25, 0.3) is 10.9 Å². The third-order valence-electron chi connectivity index (χ3n) is 7.87. The van der Waals surface area contributed by atoms with E-state index in [0.717, 1.165) is 72.8 Å². The third-order valence-corrected chi connectivity index (χ3v) is 8.37. The highest BCUT2D eigenvalue weighted by atomic mass is 79.9. The molecule has 39 heavy (non-hydrogen) atoms. The molecule has 1 unspecified atom stereocenters. The molecule has 0 aliphatic carbocycles. The second-order valence-electron chi connectivity index (χ2n) is 11.0. The second kappa shape index (κ2) is 14.8. The van der Waals surface area contributed by atoms with E-state index in [-0.39, 0.29) is 11.3 Å². The van der Waals surface area contributed by atoms with Gasteiger partial charge in [0.15, 0.2) is 0 Å². The van der Waals surface area contributed by atoms with Crippen molar-refractivity contribution >= 4 is 45.4 Å². The van der Waals surface area contributed by atoms with Gasteiger partial charge < -0.3 is 29.4 Å². The number of aromatic nitrogens is 1. The smallest absolute Gasteiger partial charge is 0.227 e. The first-order valence-electron chi connectivity index (χ1n) is 13.9. The summed E-state index contributed by atoms with van der Waals surface area (Å²) in [5, 5.41) is 4.11. The van der Waals surface area contributed by atoms with Gasteiger partial charge in [-0.25, -0.2) is 0 Å². The molecule has 1 aromatic carbocycles. The van der Waals surface area contributed by atoms with Crippen molar-refractivity contribution in [3.63, 3.8) is 0 Å². The standard InChI is InChI=1S/C22H28BrN3O2.C5H10N2O.C3H6/c1-24-8-2-6-22(15-24)7-3-9-26(16-22)21(28)12-17-14-25(10-11-27)20-5-4-18(23)13-19(17)20;1-6-5-2-7(3-5)4-8;1-3-2/h4-5,11,13-14H,2-3,6-10,12,15-16H2,1H3;4-6H,2-3H2,1H3;3H,1H2,2H3. The van der Waals surface area contributed by atoms with Crippen molar-refractivity contribution in [2.45, 2.75) is 51.6 Å². The largest absolute Gasteiger partial charge is 0.342 e. The summed E-state index contributed by atoms with van der Waals surface area (Å²) in [5.41, 5.74) is 2.28. The van der Waals surface area contributed by atoms with Gasteiger partial charge in [0, 0.05) is 65.8 Å². The minimum absolute atomic E-state index is 0.206. The molecule has 8 nitrogen and oxygen atoms in total. The molecule has 0 bridgehead atoms. The minimum Gasteiger partial charge on any atom is -0.342 e. The number of halogens is 1. The van der Waals surface area contributed by atoms with Crippen molar-refractivity contribution < 1.29 is 14.4 Å². The Morgan fingerprint density at radius 2 is 1.87 bits per heavy atom. The first-order chi connectivity index (χ1) is 18.8. The van der Waals surface area contributed by atoms with Gasteiger partial charge in [0.1, 0.15) is 6.29 Å². The van der Waals surface area contributed by atoms with Gasteiger partial charge in [-0.1, -0.05) is 22.0 Å². The van der Waals surface area contributed by atoms with Crippen molar-refractivity contribution in [3.05, 3.63) is 47.1 Å². The molecule has 1 aromatic heterocycles. The quantitative estimate of drug-likeness (QED) is 0.403. The highest BCUT2D eigenvalue weighted by Gasteiger charge is 2.39. The molecule has 1 N–H and O–H groups in total. The van der Waals surface area contributed by atoms with E-state index in [2.05, 4.69) is 44.7 Å². The number of aldehydes is 1. The van der Waals surface area contributed by atoms with Crippen LogP contribution in [0.15, 0.2) is 41.5 Å². The number of likely N-dealkylation sites (N-methyl/N-ethyl adjacent to an activating group) is 1. The molecule has 5 rings (SSSR count). The zero-order chi connectivity index (χ0) is 28.4. The summed E-state index contributed by atoms with van der Waals surface area (Å²) in [6.07, 6.45) is 10.7. The van der Waals surface area contributed by atoms with Crippen LogP contribution in [-0.2, 0) is 27.3 Å². The first-order valence-corrected chi connectivity index (χ1v) is 14.7. The number of nitrogens with zero attached hydrogens (tertiary/aromatic N) is 4. The van der Waals surface area contributed by atoms with E-state index in [4.69, 9.17) is 0 Å². The SMILES string of the molecule is C=CC.CN1CCCC2(CCCN(C(=O)Cc3cn(CC=O)c4ccc(Br)cc34)C2)C1.CNC1CN(C=O)C1. The fourth-order valence-corrected chi connectivity index (χ4v) is 6.34. The van der Waals surface area contributed by atoms with E-state index in [1.54, 1.807) is 11.0 Å². The molecule has 4 heterocycles. The Hall–Kier alpha value is -2.49. The molecule has 3 aliphatic rings.